The van der Waals surface area contributed by atoms with Gasteiger partial charge in [-0.05, 0) is 25.5 Å². The van der Waals surface area contributed by atoms with Crippen LogP contribution in [0.15, 0.2) is 60.3 Å². The maximum absolute atomic E-state index is 11.9. The number of rotatable bonds is 5. The fraction of sp³-hybridized carbons (Fsp3) is 0.391. The minimum Gasteiger partial charge on any atom is -0.476 e. The highest BCUT2D eigenvalue weighted by Crippen LogP contribution is 2.43. The van der Waals surface area contributed by atoms with Crippen molar-refractivity contribution in [2.75, 3.05) is 0 Å². The van der Waals surface area contributed by atoms with Gasteiger partial charge in [0.1, 0.15) is 24.1 Å². The lowest BCUT2D eigenvalue weighted by Crippen LogP contribution is -2.47. The summed E-state index contributed by atoms with van der Waals surface area (Å²) in [6, 6.07) is 16.9. The summed E-state index contributed by atoms with van der Waals surface area (Å²) in [6.45, 7) is 3.90. The molecule has 3 aliphatic heterocycles. The minimum atomic E-state index is -0.966. The number of ether oxygens (including phenoxy) is 5. The van der Waals surface area contributed by atoms with Crippen LogP contribution >= 0.6 is 0 Å². The zero-order valence-electron chi connectivity index (χ0n) is 17.2. The quantitative estimate of drug-likeness (QED) is 0.535. The van der Waals surface area contributed by atoms with Crippen LogP contribution in [0.3, 0.4) is 0 Å². The fourth-order valence-corrected chi connectivity index (χ4v) is 4.24. The zero-order chi connectivity index (χ0) is 21.6. The van der Waals surface area contributed by atoms with Gasteiger partial charge in [0, 0.05) is 11.6 Å². The molecule has 8 nitrogen and oxygen atoms in total. The third-order valence-corrected chi connectivity index (χ3v) is 5.59. The average molecular weight is 425 g/mol. The van der Waals surface area contributed by atoms with Gasteiger partial charge < -0.3 is 23.7 Å². The number of hydrogen-bond donors (Lipinski definition) is 0. The third kappa shape index (κ3) is 3.83. The van der Waals surface area contributed by atoms with Crippen molar-refractivity contribution in [3.63, 3.8) is 0 Å². The summed E-state index contributed by atoms with van der Waals surface area (Å²) in [5.74, 6) is -0.279. The van der Waals surface area contributed by atoms with Gasteiger partial charge in [0.15, 0.2) is 12.1 Å². The largest absolute Gasteiger partial charge is 0.476 e. The predicted molar refractivity (Wildman–Crippen MR) is 110 cm³/mol. The third-order valence-electron chi connectivity index (χ3n) is 5.59. The van der Waals surface area contributed by atoms with Gasteiger partial charge in [-0.3, -0.25) is 10.1 Å². The van der Waals surface area contributed by atoms with Crippen molar-refractivity contribution >= 4 is 6.08 Å². The second kappa shape index (κ2) is 7.72. The number of fused-ring (bicyclic) bond motifs is 2. The summed E-state index contributed by atoms with van der Waals surface area (Å²) in [4.78, 5) is 11.4. The van der Waals surface area contributed by atoms with Crippen molar-refractivity contribution in [1.82, 2.24) is 0 Å². The summed E-state index contributed by atoms with van der Waals surface area (Å²) in [5, 5.41) is 11.9. The zero-order valence-corrected chi connectivity index (χ0v) is 17.2. The van der Waals surface area contributed by atoms with Crippen LogP contribution in [-0.4, -0.2) is 41.4 Å². The first-order valence-corrected chi connectivity index (χ1v) is 10.2. The summed E-state index contributed by atoms with van der Waals surface area (Å²) in [6.07, 6.45) is -2.06. The van der Waals surface area contributed by atoms with E-state index in [1.807, 2.05) is 42.5 Å². The van der Waals surface area contributed by atoms with Crippen molar-refractivity contribution in [2.45, 2.75) is 56.9 Å². The van der Waals surface area contributed by atoms with E-state index in [-0.39, 0.29) is 5.70 Å². The second-order valence-electron chi connectivity index (χ2n) is 8.23. The van der Waals surface area contributed by atoms with Crippen molar-refractivity contribution in [3.05, 3.63) is 81.5 Å². The van der Waals surface area contributed by atoms with Crippen LogP contribution in [0.25, 0.3) is 6.08 Å². The SMILES string of the molecule is CC1(C)O[C@@H]2OC(C3Oc4ccccc4C=C3[N+](=O)[O-])[C@@H](OCc3ccccc3)[C@@H]2O1. The number of para-hydroxylation sites is 1. The standard InChI is InChI=1S/C23H23NO7/c1-23(2)30-21-19(27-13-14-8-4-3-5-9-14)20(29-22(21)31-23)18-16(24(25)26)12-15-10-6-7-11-17(15)28-18/h3-12,18-22H,13H2,1-2H3/t18?,19-,20?,21+,22+/m1/s1. The van der Waals surface area contributed by atoms with Crippen LogP contribution < -0.4 is 4.74 Å². The highest BCUT2D eigenvalue weighted by molar-refractivity contribution is 5.61. The molecule has 2 unspecified atom stereocenters. The molecule has 8 heteroatoms. The summed E-state index contributed by atoms with van der Waals surface area (Å²) >= 11 is 0. The van der Waals surface area contributed by atoms with Gasteiger partial charge in [0.2, 0.25) is 6.10 Å². The lowest BCUT2D eigenvalue weighted by Gasteiger charge is -2.31. The van der Waals surface area contributed by atoms with Crippen LogP contribution in [-0.2, 0) is 25.6 Å². The summed E-state index contributed by atoms with van der Waals surface area (Å²) in [5.41, 5.74) is 1.54. The van der Waals surface area contributed by atoms with Gasteiger partial charge in [-0.1, -0.05) is 48.5 Å². The van der Waals surface area contributed by atoms with Crippen molar-refractivity contribution in [3.8, 4) is 5.75 Å². The molecule has 5 rings (SSSR count). The van der Waals surface area contributed by atoms with E-state index in [0.717, 1.165) is 5.56 Å². The van der Waals surface area contributed by atoms with Crippen molar-refractivity contribution in [1.29, 1.82) is 0 Å². The van der Waals surface area contributed by atoms with Gasteiger partial charge in [0.25, 0.3) is 5.70 Å². The minimum absolute atomic E-state index is 0.0868. The normalized spacial score (nSPS) is 30.8. The molecular formula is C23H23NO7. The van der Waals surface area contributed by atoms with E-state index in [4.69, 9.17) is 23.7 Å². The Morgan fingerprint density at radius 3 is 2.55 bits per heavy atom. The molecule has 0 radical (unpaired) electrons. The molecule has 31 heavy (non-hydrogen) atoms. The average Bonchev–Trinajstić information content (AvgIpc) is 3.23. The Morgan fingerprint density at radius 2 is 1.77 bits per heavy atom. The smallest absolute Gasteiger partial charge is 0.290 e. The number of nitrogens with zero attached hydrogens (tertiary/aromatic N) is 1. The number of hydrogen-bond acceptors (Lipinski definition) is 7. The number of benzene rings is 2. The molecule has 0 bridgehead atoms. The lowest BCUT2D eigenvalue weighted by atomic mass is 9.98. The first kappa shape index (κ1) is 20.1. The van der Waals surface area contributed by atoms with Crippen LogP contribution in [0, 0.1) is 10.1 Å². The molecule has 0 saturated carbocycles. The van der Waals surface area contributed by atoms with Crippen LogP contribution in [0.5, 0.6) is 5.75 Å². The van der Waals surface area contributed by atoms with Crippen LogP contribution in [0.2, 0.25) is 0 Å². The molecule has 0 spiro atoms. The molecule has 2 aromatic rings. The van der Waals surface area contributed by atoms with E-state index >= 15 is 0 Å². The fourth-order valence-electron chi connectivity index (χ4n) is 4.24. The highest BCUT2D eigenvalue weighted by atomic mass is 16.8. The van der Waals surface area contributed by atoms with Gasteiger partial charge >= 0.3 is 0 Å². The highest BCUT2D eigenvalue weighted by Gasteiger charge is 2.60. The van der Waals surface area contributed by atoms with E-state index < -0.39 is 41.4 Å². The molecule has 3 heterocycles. The number of nitro groups is 1. The van der Waals surface area contributed by atoms with E-state index in [1.165, 1.54) is 6.08 Å². The lowest BCUT2D eigenvalue weighted by molar-refractivity contribution is -0.437. The molecule has 0 amide bonds. The molecule has 162 valence electrons. The first-order chi connectivity index (χ1) is 14.9. The molecule has 0 aliphatic carbocycles. The molecule has 2 fully saturated rings. The topological polar surface area (TPSA) is 89.3 Å². The van der Waals surface area contributed by atoms with Gasteiger partial charge in [-0.2, -0.15) is 0 Å². The van der Waals surface area contributed by atoms with Crippen LogP contribution in [0.1, 0.15) is 25.0 Å². The van der Waals surface area contributed by atoms with Gasteiger partial charge in [-0.25, -0.2) is 0 Å². The first-order valence-electron chi connectivity index (χ1n) is 10.2. The Balaban J connectivity index is 1.45. The Labute approximate surface area is 179 Å². The molecule has 5 atom stereocenters. The Morgan fingerprint density at radius 1 is 1.03 bits per heavy atom. The molecule has 0 N–H and O–H groups in total. The molecular weight excluding hydrogens is 402 g/mol. The maximum Gasteiger partial charge on any atom is 0.290 e. The van der Waals surface area contributed by atoms with E-state index in [2.05, 4.69) is 0 Å². The Hall–Kier alpha value is -2.78. The molecule has 3 aliphatic rings. The van der Waals surface area contributed by atoms with Crippen molar-refractivity contribution in [2.24, 2.45) is 0 Å². The van der Waals surface area contributed by atoms with E-state index in [9.17, 15) is 10.1 Å². The van der Waals surface area contributed by atoms with E-state index in [0.29, 0.717) is 17.9 Å². The monoisotopic (exact) mass is 425 g/mol. The molecule has 0 aromatic heterocycles. The summed E-state index contributed by atoms with van der Waals surface area (Å²) < 4.78 is 30.3. The van der Waals surface area contributed by atoms with Crippen LogP contribution in [0.4, 0.5) is 0 Å². The second-order valence-corrected chi connectivity index (χ2v) is 8.23. The van der Waals surface area contributed by atoms with Gasteiger partial charge in [-0.15, -0.1) is 0 Å². The molecule has 2 aromatic carbocycles. The summed E-state index contributed by atoms with van der Waals surface area (Å²) in [7, 11) is 0. The molecule has 2 saturated heterocycles. The van der Waals surface area contributed by atoms with Gasteiger partial charge in [0.05, 0.1) is 11.5 Å². The Bertz CT molecular complexity index is 1010. The maximum atomic E-state index is 11.9. The van der Waals surface area contributed by atoms with Crippen molar-refractivity contribution < 1.29 is 28.6 Å². The Kier molecular flexibility index (Phi) is 5.02. The van der Waals surface area contributed by atoms with E-state index in [1.54, 1.807) is 26.0 Å². The predicted octanol–water partition coefficient (Wildman–Crippen LogP) is 3.53.